The summed E-state index contributed by atoms with van der Waals surface area (Å²) in [7, 11) is 0. The highest BCUT2D eigenvalue weighted by molar-refractivity contribution is 5.95. The molecule has 0 saturated heterocycles. The second-order valence-electron chi connectivity index (χ2n) is 5.03. The van der Waals surface area contributed by atoms with Crippen molar-refractivity contribution in [3.8, 4) is 5.75 Å². The molecule has 0 spiro atoms. The van der Waals surface area contributed by atoms with Crippen LogP contribution in [0.15, 0.2) is 68.9 Å². The van der Waals surface area contributed by atoms with Gasteiger partial charge in [0.1, 0.15) is 11.5 Å². The molecule has 2 heterocycles. The van der Waals surface area contributed by atoms with Crippen LogP contribution in [-0.2, 0) is 0 Å². The van der Waals surface area contributed by atoms with Crippen LogP contribution in [0.1, 0.15) is 32.2 Å². The molecule has 25 heavy (non-hydrogen) atoms. The number of carbonyl (C=O) groups is 2. The number of nitrogens with one attached hydrogen (secondary N) is 1. The summed E-state index contributed by atoms with van der Waals surface area (Å²) in [6.07, 6.45) is 4.32. The van der Waals surface area contributed by atoms with Crippen molar-refractivity contribution in [3.05, 3.63) is 77.6 Å². The van der Waals surface area contributed by atoms with E-state index in [4.69, 9.17) is 13.6 Å². The number of hydrazone groups is 1. The fourth-order valence-electron chi connectivity index (χ4n) is 2.02. The Morgan fingerprint density at radius 2 is 1.88 bits per heavy atom. The number of carbonyl (C=O) groups excluding carboxylic acids is 2. The van der Waals surface area contributed by atoms with E-state index in [1.54, 1.807) is 43.3 Å². The molecule has 0 bridgehead atoms. The van der Waals surface area contributed by atoms with Crippen LogP contribution >= 0.6 is 0 Å². The van der Waals surface area contributed by atoms with Gasteiger partial charge in [0.2, 0.25) is 5.76 Å². The third kappa shape index (κ3) is 4.03. The Labute approximate surface area is 142 Å². The van der Waals surface area contributed by atoms with Crippen LogP contribution in [0.2, 0.25) is 0 Å². The Morgan fingerprint density at radius 3 is 2.52 bits per heavy atom. The number of furan rings is 2. The molecular formula is C18H14N2O5. The highest BCUT2D eigenvalue weighted by Crippen LogP contribution is 2.14. The number of esters is 1. The highest BCUT2D eigenvalue weighted by Gasteiger charge is 2.11. The number of amides is 1. The molecule has 0 atom stereocenters. The summed E-state index contributed by atoms with van der Waals surface area (Å²) in [5.41, 5.74) is 3.56. The van der Waals surface area contributed by atoms with E-state index in [9.17, 15) is 9.59 Å². The Hall–Kier alpha value is -3.61. The van der Waals surface area contributed by atoms with Crippen molar-refractivity contribution in [1.29, 1.82) is 0 Å². The van der Waals surface area contributed by atoms with E-state index < -0.39 is 5.97 Å². The summed E-state index contributed by atoms with van der Waals surface area (Å²) < 4.78 is 15.2. The second kappa shape index (κ2) is 7.31. The minimum absolute atomic E-state index is 0.128. The summed E-state index contributed by atoms with van der Waals surface area (Å²) in [6, 6.07) is 11.3. The van der Waals surface area contributed by atoms with Gasteiger partial charge in [-0.15, -0.1) is 0 Å². The van der Waals surface area contributed by atoms with Gasteiger partial charge in [-0.05, 0) is 55.0 Å². The molecule has 1 amide bonds. The van der Waals surface area contributed by atoms with Crippen LogP contribution in [0, 0.1) is 6.92 Å². The van der Waals surface area contributed by atoms with Crippen LogP contribution in [0.25, 0.3) is 0 Å². The van der Waals surface area contributed by atoms with Crippen molar-refractivity contribution in [2.24, 2.45) is 5.10 Å². The molecule has 1 aromatic carbocycles. The maximum absolute atomic E-state index is 11.9. The summed E-state index contributed by atoms with van der Waals surface area (Å²) in [5, 5.41) is 3.88. The number of rotatable bonds is 5. The predicted octanol–water partition coefficient (Wildman–Crippen LogP) is 3.16. The van der Waals surface area contributed by atoms with E-state index in [0.717, 1.165) is 5.56 Å². The summed E-state index contributed by atoms with van der Waals surface area (Å²) in [4.78, 5) is 23.6. The molecule has 1 N–H and O–H groups in total. The lowest BCUT2D eigenvalue weighted by atomic mass is 10.2. The summed E-state index contributed by atoms with van der Waals surface area (Å²) in [5.74, 6) is 0.0931. The Kier molecular flexibility index (Phi) is 4.75. The van der Waals surface area contributed by atoms with Crippen molar-refractivity contribution >= 4 is 18.1 Å². The minimum atomic E-state index is -0.575. The molecule has 3 aromatic rings. The number of benzene rings is 1. The van der Waals surface area contributed by atoms with E-state index >= 15 is 0 Å². The first-order chi connectivity index (χ1) is 12.1. The fourth-order valence-corrected chi connectivity index (χ4v) is 2.02. The van der Waals surface area contributed by atoms with Crippen LogP contribution in [0.4, 0.5) is 0 Å². The molecule has 0 aliphatic rings. The maximum Gasteiger partial charge on any atom is 0.379 e. The normalized spacial score (nSPS) is 10.8. The number of ether oxygens (including phenoxy) is 1. The SMILES string of the molecule is Cc1occc1C(=O)NN=Cc1ccc(OC(=O)c2ccco2)cc1. The van der Waals surface area contributed by atoms with Gasteiger partial charge in [0.15, 0.2) is 0 Å². The average Bonchev–Trinajstić information content (AvgIpc) is 3.28. The van der Waals surface area contributed by atoms with Gasteiger partial charge in [-0.25, -0.2) is 10.2 Å². The lowest BCUT2D eigenvalue weighted by molar-refractivity contribution is 0.0701. The van der Waals surface area contributed by atoms with Gasteiger partial charge in [-0.1, -0.05) is 0 Å². The van der Waals surface area contributed by atoms with Crippen molar-refractivity contribution in [3.63, 3.8) is 0 Å². The standard InChI is InChI=1S/C18H14N2O5/c1-12-15(8-10-23-12)17(21)20-19-11-13-4-6-14(7-5-13)25-18(22)16-3-2-9-24-16/h2-11H,1H3,(H,20,21). The highest BCUT2D eigenvalue weighted by atomic mass is 16.5. The molecule has 0 unspecified atom stereocenters. The lowest BCUT2D eigenvalue weighted by Gasteiger charge is -2.02. The molecule has 7 nitrogen and oxygen atoms in total. The van der Waals surface area contributed by atoms with E-state index in [1.165, 1.54) is 24.8 Å². The van der Waals surface area contributed by atoms with E-state index in [1.807, 2.05) is 0 Å². The first kappa shape index (κ1) is 16.3. The molecule has 126 valence electrons. The molecule has 0 radical (unpaired) electrons. The van der Waals surface area contributed by atoms with Crippen molar-refractivity contribution in [2.75, 3.05) is 0 Å². The summed E-state index contributed by atoms with van der Waals surface area (Å²) in [6.45, 7) is 1.70. The van der Waals surface area contributed by atoms with Crippen molar-refractivity contribution in [1.82, 2.24) is 5.43 Å². The molecule has 7 heteroatoms. The topological polar surface area (TPSA) is 94.0 Å². The average molecular weight is 338 g/mol. The minimum Gasteiger partial charge on any atom is -0.469 e. The van der Waals surface area contributed by atoms with Crippen molar-refractivity contribution < 1.29 is 23.2 Å². The fraction of sp³-hybridized carbons (Fsp3) is 0.0556. The quantitative estimate of drug-likeness (QED) is 0.334. The molecule has 0 fully saturated rings. The van der Waals surface area contributed by atoms with Gasteiger partial charge in [0, 0.05) is 0 Å². The van der Waals surface area contributed by atoms with Crippen LogP contribution in [0.3, 0.4) is 0 Å². The van der Waals surface area contributed by atoms with E-state index in [0.29, 0.717) is 17.1 Å². The molecule has 0 saturated carbocycles. The first-order valence-electron chi connectivity index (χ1n) is 7.37. The number of aryl methyl sites for hydroxylation is 1. The maximum atomic E-state index is 11.9. The van der Waals surface area contributed by atoms with Gasteiger partial charge < -0.3 is 13.6 Å². The zero-order valence-corrected chi connectivity index (χ0v) is 13.3. The number of hydrogen-bond acceptors (Lipinski definition) is 6. The van der Waals surface area contributed by atoms with E-state index in [-0.39, 0.29) is 11.7 Å². The second-order valence-corrected chi connectivity index (χ2v) is 5.03. The molecule has 0 aliphatic heterocycles. The molecule has 2 aromatic heterocycles. The summed E-state index contributed by atoms with van der Waals surface area (Å²) >= 11 is 0. The van der Waals surface area contributed by atoms with Crippen LogP contribution < -0.4 is 10.2 Å². The van der Waals surface area contributed by atoms with Crippen LogP contribution in [0.5, 0.6) is 5.75 Å². The Balaban J connectivity index is 1.56. The van der Waals surface area contributed by atoms with Crippen molar-refractivity contribution in [2.45, 2.75) is 6.92 Å². The Morgan fingerprint density at radius 1 is 1.08 bits per heavy atom. The molecular weight excluding hydrogens is 324 g/mol. The number of hydrogen-bond donors (Lipinski definition) is 1. The van der Waals surface area contributed by atoms with Gasteiger partial charge in [0.05, 0.1) is 24.3 Å². The monoisotopic (exact) mass is 338 g/mol. The first-order valence-corrected chi connectivity index (χ1v) is 7.37. The third-order valence-electron chi connectivity index (χ3n) is 3.30. The van der Waals surface area contributed by atoms with E-state index in [2.05, 4.69) is 10.5 Å². The molecule has 0 aliphatic carbocycles. The lowest BCUT2D eigenvalue weighted by Crippen LogP contribution is -2.17. The zero-order valence-electron chi connectivity index (χ0n) is 13.3. The number of nitrogens with zero attached hydrogens (tertiary/aromatic N) is 1. The molecule has 3 rings (SSSR count). The predicted molar refractivity (Wildman–Crippen MR) is 88.6 cm³/mol. The largest absolute Gasteiger partial charge is 0.469 e. The van der Waals surface area contributed by atoms with Gasteiger partial charge in [0.25, 0.3) is 5.91 Å². The smallest absolute Gasteiger partial charge is 0.379 e. The van der Waals surface area contributed by atoms with Crippen LogP contribution in [-0.4, -0.2) is 18.1 Å². The van der Waals surface area contributed by atoms with Gasteiger partial charge in [-0.3, -0.25) is 4.79 Å². The Bertz CT molecular complexity index is 892. The zero-order chi connectivity index (χ0) is 17.6. The van der Waals surface area contributed by atoms with Gasteiger partial charge in [-0.2, -0.15) is 5.10 Å². The third-order valence-corrected chi connectivity index (χ3v) is 3.30. The van der Waals surface area contributed by atoms with Gasteiger partial charge >= 0.3 is 5.97 Å².